The predicted octanol–water partition coefficient (Wildman–Crippen LogP) is 2.96. The first-order valence-electron chi connectivity index (χ1n) is 7.32. The van der Waals surface area contributed by atoms with E-state index in [0.29, 0.717) is 13.2 Å². The highest BCUT2D eigenvalue weighted by atomic mass is 32.1. The minimum atomic E-state index is -0.178. The zero-order valence-electron chi connectivity index (χ0n) is 12.0. The Hall–Kier alpha value is -1.14. The number of aryl methyl sites for hydroxylation is 2. The number of thiazole rings is 1. The van der Waals surface area contributed by atoms with Crippen LogP contribution in [-0.2, 0) is 17.6 Å². The number of carbonyl (C=O) groups is 1. The molecule has 2 amide bonds. The number of hydrogen-bond donors (Lipinski definition) is 2. The second-order valence-electron chi connectivity index (χ2n) is 5.03. The van der Waals surface area contributed by atoms with Crippen LogP contribution in [0.25, 0.3) is 0 Å². The number of nitrogens with one attached hydrogen (secondary N) is 2. The van der Waals surface area contributed by atoms with E-state index in [2.05, 4.69) is 15.6 Å². The van der Waals surface area contributed by atoms with Crippen molar-refractivity contribution in [2.24, 2.45) is 0 Å². The Bertz CT molecular complexity index is 409. The number of ether oxygens (including phenoxy) is 1. The standard InChI is InChI=1S/C14H23N3O2S/c1-19-10-6-9-15-13(18)17-14-16-11-7-4-2-3-5-8-12(11)20-14/h2-10H2,1H3,(H2,15,16,17,18). The van der Waals surface area contributed by atoms with Crippen molar-refractivity contribution in [1.82, 2.24) is 10.3 Å². The van der Waals surface area contributed by atoms with E-state index in [-0.39, 0.29) is 6.03 Å². The van der Waals surface area contributed by atoms with Crippen molar-refractivity contribution in [3.8, 4) is 0 Å². The zero-order valence-corrected chi connectivity index (χ0v) is 12.9. The molecule has 1 heterocycles. The van der Waals surface area contributed by atoms with Gasteiger partial charge in [0, 0.05) is 25.1 Å². The first-order chi connectivity index (χ1) is 9.79. The van der Waals surface area contributed by atoms with Gasteiger partial charge in [-0.25, -0.2) is 9.78 Å². The van der Waals surface area contributed by atoms with Gasteiger partial charge >= 0.3 is 6.03 Å². The molecule has 2 N–H and O–H groups in total. The van der Waals surface area contributed by atoms with Crippen LogP contribution in [0.1, 0.15) is 42.7 Å². The molecule has 2 rings (SSSR count). The van der Waals surface area contributed by atoms with E-state index in [1.807, 2.05) is 0 Å². The van der Waals surface area contributed by atoms with Crippen LogP contribution < -0.4 is 10.6 Å². The highest BCUT2D eigenvalue weighted by molar-refractivity contribution is 7.15. The Kier molecular flexibility index (Phi) is 6.26. The van der Waals surface area contributed by atoms with Crippen LogP contribution >= 0.6 is 11.3 Å². The van der Waals surface area contributed by atoms with Crippen molar-refractivity contribution >= 4 is 22.5 Å². The number of methoxy groups -OCH3 is 1. The largest absolute Gasteiger partial charge is 0.385 e. The molecule has 0 saturated heterocycles. The first-order valence-corrected chi connectivity index (χ1v) is 8.13. The fourth-order valence-electron chi connectivity index (χ4n) is 2.32. The molecule has 0 saturated carbocycles. The Morgan fingerprint density at radius 1 is 1.30 bits per heavy atom. The topological polar surface area (TPSA) is 63.2 Å². The first kappa shape index (κ1) is 15.3. The summed E-state index contributed by atoms with van der Waals surface area (Å²) in [6.45, 7) is 1.27. The van der Waals surface area contributed by atoms with Crippen molar-refractivity contribution in [3.63, 3.8) is 0 Å². The van der Waals surface area contributed by atoms with Crippen LogP contribution in [0.2, 0.25) is 0 Å². The molecular formula is C14H23N3O2S. The molecule has 1 aromatic rings. The maximum Gasteiger partial charge on any atom is 0.321 e. The lowest BCUT2D eigenvalue weighted by Crippen LogP contribution is -2.30. The van der Waals surface area contributed by atoms with Gasteiger partial charge in [0.15, 0.2) is 5.13 Å². The Balaban J connectivity index is 1.83. The molecule has 1 aliphatic rings. The highest BCUT2D eigenvalue weighted by Gasteiger charge is 2.14. The Labute approximate surface area is 124 Å². The molecule has 6 heteroatoms. The lowest BCUT2D eigenvalue weighted by atomic mass is 10.0. The van der Waals surface area contributed by atoms with Crippen LogP contribution in [0.3, 0.4) is 0 Å². The maximum absolute atomic E-state index is 11.7. The number of carbonyl (C=O) groups excluding carboxylic acids is 1. The number of anilines is 1. The van der Waals surface area contributed by atoms with Gasteiger partial charge in [0.05, 0.1) is 5.69 Å². The van der Waals surface area contributed by atoms with Crippen molar-refractivity contribution in [2.45, 2.75) is 44.9 Å². The third kappa shape index (κ3) is 4.76. The number of fused-ring (bicyclic) bond motifs is 1. The number of nitrogens with zero attached hydrogens (tertiary/aromatic N) is 1. The fraction of sp³-hybridized carbons (Fsp3) is 0.714. The van der Waals surface area contributed by atoms with E-state index in [1.54, 1.807) is 18.4 Å². The number of amides is 2. The molecule has 0 unspecified atom stereocenters. The van der Waals surface area contributed by atoms with Gasteiger partial charge in [0.2, 0.25) is 0 Å². The van der Waals surface area contributed by atoms with Crippen LogP contribution in [0.5, 0.6) is 0 Å². The molecule has 112 valence electrons. The van der Waals surface area contributed by atoms with E-state index < -0.39 is 0 Å². The molecule has 0 bridgehead atoms. The molecule has 0 radical (unpaired) electrons. The van der Waals surface area contributed by atoms with Crippen molar-refractivity contribution in [2.75, 3.05) is 25.6 Å². The van der Waals surface area contributed by atoms with Gasteiger partial charge in [-0.2, -0.15) is 0 Å². The summed E-state index contributed by atoms with van der Waals surface area (Å²) in [5.74, 6) is 0. The summed E-state index contributed by atoms with van der Waals surface area (Å²) in [7, 11) is 1.66. The number of aromatic nitrogens is 1. The zero-order chi connectivity index (χ0) is 14.2. The third-order valence-electron chi connectivity index (χ3n) is 3.38. The van der Waals surface area contributed by atoms with Crippen molar-refractivity contribution in [1.29, 1.82) is 0 Å². The Morgan fingerprint density at radius 2 is 2.10 bits per heavy atom. The fourth-order valence-corrected chi connectivity index (χ4v) is 3.36. The quantitative estimate of drug-likeness (QED) is 0.821. The normalized spacial score (nSPS) is 15.1. The minimum absolute atomic E-state index is 0.178. The van der Waals surface area contributed by atoms with Crippen LogP contribution in [0.4, 0.5) is 9.93 Å². The lowest BCUT2D eigenvalue weighted by molar-refractivity contribution is 0.194. The van der Waals surface area contributed by atoms with E-state index >= 15 is 0 Å². The van der Waals surface area contributed by atoms with Gasteiger partial charge < -0.3 is 10.1 Å². The number of hydrogen-bond acceptors (Lipinski definition) is 4. The molecule has 5 nitrogen and oxygen atoms in total. The molecule has 1 aromatic heterocycles. The molecule has 0 aliphatic heterocycles. The molecule has 0 atom stereocenters. The average Bonchev–Trinajstić information content (AvgIpc) is 2.76. The number of rotatable bonds is 5. The van der Waals surface area contributed by atoms with Gasteiger partial charge in [-0.1, -0.05) is 12.8 Å². The molecular weight excluding hydrogens is 274 g/mol. The van der Waals surface area contributed by atoms with Gasteiger partial charge in [0.1, 0.15) is 0 Å². The van der Waals surface area contributed by atoms with Crippen molar-refractivity contribution in [3.05, 3.63) is 10.6 Å². The second-order valence-corrected chi connectivity index (χ2v) is 6.11. The maximum atomic E-state index is 11.7. The summed E-state index contributed by atoms with van der Waals surface area (Å²) in [5.41, 5.74) is 1.18. The minimum Gasteiger partial charge on any atom is -0.385 e. The highest BCUT2D eigenvalue weighted by Crippen LogP contribution is 2.28. The summed E-state index contributed by atoms with van der Waals surface area (Å²) < 4.78 is 4.94. The monoisotopic (exact) mass is 297 g/mol. The van der Waals surface area contributed by atoms with E-state index in [9.17, 15) is 4.79 Å². The van der Waals surface area contributed by atoms with Crippen LogP contribution in [0.15, 0.2) is 0 Å². The summed E-state index contributed by atoms with van der Waals surface area (Å²) in [6.07, 6.45) is 8.00. The van der Waals surface area contributed by atoms with Gasteiger partial charge in [-0.05, 0) is 32.1 Å². The lowest BCUT2D eigenvalue weighted by Gasteiger charge is -2.06. The average molecular weight is 297 g/mol. The number of urea groups is 1. The van der Waals surface area contributed by atoms with Crippen LogP contribution in [0, 0.1) is 0 Å². The molecule has 1 aliphatic carbocycles. The molecule has 0 aromatic carbocycles. The molecule has 20 heavy (non-hydrogen) atoms. The van der Waals surface area contributed by atoms with E-state index in [1.165, 1.54) is 36.3 Å². The predicted molar refractivity (Wildman–Crippen MR) is 81.5 cm³/mol. The Morgan fingerprint density at radius 3 is 2.90 bits per heavy atom. The summed E-state index contributed by atoms with van der Waals surface area (Å²) >= 11 is 1.62. The smallest absolute Gasteiger partial charge is 0.321 e. The van der Waals surface area contributed by atoms with Gasteiger partial charge in [-0.3, -0.25) is 5.32 Å². The van der Waals surface area contributed by atoms with E-state index in [0.717, 1.165) is 24.4 Å². The molecule has 0 fully saturated rings. The van der Waals surface area contributed by atoms with E-state index in [4.69, 9.17) is 4.74 Å². The summed E-state index contributed by atoms with van der Waals surface area (Å²) in [5, 5.41) is 6.36. The summed E-state index contributed by atoms with van der Waals surface area (Å²) in [4.78, 5) is 17.6. The third-order valence-corrected chi connectivity index (χ3v) is 4.45. The van der Waals surface area contributed by atoms with Crippen LogP contribution in [-0.4, -0.2) is 31.3 Å². The summed E-state index contributed by atoms with van der Waals surface area (Å²) in [6, 6.07) is -0.178. The SMILES string of the molecule is COCCCNC(=O)Nc1nc2c(s1)CCCCCC2. The van der Waals surface area contributed by atoms with Crippen molar-refractivity contribution < 1.29 is 9.53 Å². The van der Waals surface area contributed by atoms with Gasteiger partial charge in [-0.15, -0.1) is 11.3 Å². The second kappa shape index (κ2) is 8.21. The molecule has 0 spiro atoms. The van der Waals surface area contributed by atoms with Gasteiger partial charge in [0.25, 0.3) is 0 Å².